The maximum Gasteiger partial charge on any atom is 0.125 e. The summed E-state index contributed by atoms with van der Waals surface area (Å²) in [7, 11) is 1.96. The third-order valence-corrected chi connectivity index (χ3v) is 3.05. The molecule has 0 saturated carbocycles. The molecule has 4 heteroatoms. The first-order valence-corrected chi connectivity index (χ1v) is 6.31. The molecule has 0 radical (unpaired) electrons. The van der Waals surface area contributed by atoms with Crippen molar-refractivity contribution in [1.82, 2.24) is 5.32 Å². The fourth-order valence-electron chi connectivity index (χ4n) is 1.36. The topological polar surface area (TPSA) is 21.3 Å². The second kappa shape index (κ2) is 7.59. The molecule has 0 amide bonds. The summed E-state index contributed by atoms with van der Waals surface area (Å²) < 4.78 is 5.44. The fraction of sp³-hybridized carbons (Fsp3) is 0.385. The zero-order chi connectivity index (χ0) is 12.7. The zero-order valence-corrected chi connectivity index (χ0v) is 11.6. The molecule has 17 heavy (non-hydrogen) atoms. The van der Waals surface area contributed by atoms with Crippen LogP contribution in [0.15, 0.2) is 34.8 Å². The number of rotatable bonds is 6. The number of ether oxygens (including phenoxy) is 1. The number of benzene rings is 1. The highest BCUT2D eigenvalue weighted by Gasteiger charge is 2.01. The molecule has 0 aliphatic heterocycles. The molecule has 0 spiro atoms. The number of likely N-dealkylation sites (N-methyl/N-ethyl adjacent to an activating group) is 1. The van der Waals surface area contributed by atoms with Crippen LogP contribution in [0.3, 0.4) is 0 Å². The Kier molecular flexibility index (Phi) is 6.41. The molecule has 0 aliphatic carbocycles. The molecule has 0 fully saturated rings. The molecule has 1 atom stereocenters. The summed E-state index contributed by atoms with van der Waals surface area (Å²) >= 11 is 11.2. The molecular formula is C13H17Cl2NO. The van der Waals surface area contributed by atoms with Crippen LogP contribution in [-0.4, -0.2) is 19.7 Å². The maximum absolute atomic E-state index is 5.73. The number of halogens is 2. The van der Waals surface area contributed by atoms with Crippen LogP contribution in [0.25, 0.3) is 0 Å². The molecule has 1 aromatic rings. The smallest absolute Gasteiger partial charge is 0.125 e. The Labute approximate surface area is 113 Å². The second-order valence-electron chi connectivity index (χ2n) is 3.88. The van der Waals surface area contributed by atoms with Gasteiger partial charge in [0.1, 0.15) is 12.4 Å². The Morgan fingerprint density at radius 3 is 2.59 bits per heavy atom. The molecule has 1 aromatic carbocycles. The first-order valence-electron chi connectivity index (χ1n) is 5.49. The number of hydrogen-bond acceptors (Lipinski definition) is 2. The Balaban J connectivity index is 2.50. The summed E-state index contributed by atoms with van der Waals surface area (Å²) in [4.78, 5) is 0. The van der Waals surface area contributed by atoms with Crippen LogP contribution in [0.1, 0.15) is 12.5 Å². The summed E-state index contributed by atoms with van der Waals surface area (Å²) in [6.45, 7) is 2.45. The van der Waals surface area contributed by atoms with Crippen LogP contribution in [0.2, 0.25) is 0 Å². The number of nitrogens with one attached hydrogen (secondary N) is 1. The van der Waals surface area contributed by atoms with Gasteiger partial charge < -0.3 is 10.1 Å². The van der Waals surface area contributed by atoms with Crippen LogP contribution in [0.5, 0.6) is 5.75 Å². The molecular weight excluding hydrogens is 257 g/mol. The van der Waals surface area contributed by atoms with E-state index in [9.17, 15) is 0 Å². The SMILES string of the molecule is CNC(C)Cc1ccc(OC/C(Cl)=C/Cl)cc1. The van der Waals surface area contributed by atoms with Crippen molar-refractivity contribution in [3.63, 3.8) is 0 Å². The van der Waals surface area contributed by atoms with Gasteiger partial charge >= 0.3 is 0 Å². The van der Waals surface area contributed by atoms with Crippen molar-refractivity contribution in [2.24, 2.45) is 0 Å². The molecule has 2 nitrogen and oxygen atoms in total. The van der Waals surface area contributed by atoms with Gasteiger partial charge in [0.05, 0.1) is 5.03 Å². The predicted octanol–water partition coefficient (Wildman–Crippen LogP) is 3.53. The fourth-order valence-corrected chi connectivity index (χ4v) is 1.48. The highest BCUT2D eigenvalue weighted by Crippen LogP contribution is 2.15. The van der Waals surface area contributed by atoms with Crippen LogP contribution in [0, 0.1) is 0 Å². The summed E-state index contributed by atoms with van der Waals surface area (Å²) in [6, 6.07) is 8.46. The first-order chi connectivity index (χ1) is 8.15. The molecule has 0 heterocycles. The summed E-state index contributed by atoms with van der Waals surface area (Å²) in [5.41, 5.74) is 2.59. The van der Waals surface area contributed by atoms with E-state index in [1.54, 1.807) is 0 Å². The van der Waals surface area contributed by atoms with E-state index in [1.807, 2.05) is 19.2 Å². The minimum Gasteiger partial charge on any atom is -0.488 e. The third kappa shape index (κ3) is 5.44. The Hall–Kier alpha value is -0.700. The summed E-state index contributed by atoms with van der Waals surface area (Å²) in [6.07, 6.45) is 0.999. The van der Waals surface area contributed by atoms with Crippen LogP contribution in [-0.2, 0) is 6.42 Å². The molecule has 1 rings (SSSR count). The van der Waals surface area contributed by atoms with E-state index in [0.29, 0.717) is 17.7 Å². The van der Waals surface area contributed by atoms with Crippen molar-refractivity contribution < 1.29 is 4.74 Å². The minimum absolute atomic E-state index is 0.303. The lowest BCUT2D eigenvalue weighted by atomic mass is 10.1. The lowest BCUT2D eigenvalue weighted by molar-refractivity contribution is 0.359. The molecule has 0 aliphatic rings. The summed E-state index contributed by atoms with van der Waals surface area (Å²) in [5.74, 6) is 0.794. The van der Waals surface area contributed by atoms with E-state index in [0.717, 1.165) is 12.2 Å². The summed E-state index contributed by atoms with van der Waals surface area (Å²) in [5, 5.41) is 3.69. The molecule has 0 aromatic heterocycles. The van der Waals surface area contributed by atoms with Crippen LogP contribution >= 0.6 is 23.2 Å². The normalized spacial score (nSPS) is 13.5. The van der Waals surface area contributed by atoms with Crippen molar-refractivity contribution in [3.8, 4) is 5.75 Å². The average molecular weight is 274 g/mol. The highest BCUT2D eigenvalue weighted by molar-refractivity contribution is 6.36. The van der Waals surface area contributed by atoms with E-state index in [1.165, 1.54) is 11.1 Å². The van der Waals surface area contributed by atoms with Crippen LogP contribution in [0.4, 0.5) is 0 Å². The van der Waals surface area contributed by atoms with Gasteiger partial charge in [0, 0.05) is 11.6 Å². The van der Waals surface area contributed by atoms with Crippen molar-refractivity contribution in [2.75, 3.05) is 13.7 Å². The standard InChI is InChI=1S/C13H17Cl2NO/c1-10(16-2)7-11-3-5-13(6-4-11)17-9-12(15)8-14/h3-6,8,10,16H,7,9H2,1-2H3/b12-8-. The number of hydrogen-bond donors (Lipinski definition) is 1. The first kappa shape index (κ1) is 14.4. The largest absolute Gasteiger partial charge is 0.488 e. The van der Waals surface area contributed by atoms with Gasteiger partial charge in [0.25, 0.3) is 0 Å². The Bertz CT molecular complexity index is 362. The van der Waals surface area contributed by atoms with E-state index < -0.39 is 0 Å². The molecule has 94 valence electrons. The second-order valence-corrected chi connectivity index (χ2v) is 4.59. The lowest BCUT2D eigenvalue weighted by Gasteiger charge is -2.10. The maximum atomic E-state index is 5.73. The van der Waals surface area contributed by atoms with Gasteiger partial charge in [-0.05, 0) is 38.1 Å². The highest BCUT2D eigenvalue weighted by atomic mass is 35.5. The van der Waals surface area contributed by atoms with E-state index in [2.05, 4.69) is 24.4 Å². The van der Waals surface area contributed by atoms with Gasteiger partial charge in [-0.3, -0.25) is 0 Å². The molecule has 1 N–H and O–H groups in total. The van der Waals surface area contributed by atoms with E-state index in [4.69, 9.17) is 27.9 Å². The molecule has 1 unspecified atom stereocenters. The third-order valence-electron chi connectivity index (χ3n) is 2.45. The Morgan fingerprint density at radius 1 is 1.41 bits per heavy atom. The Morgan fingerprint density at radius 2 is 2.06 bits per heavy atom. The molecule has 0 bridgehead atoms. The van der Waals surface area contributed by atoms with Crippen molar-refractivity contribution >= 4 is 23.2 Å². The average Bonchev–Trinajstić information content (AvgIpc) is 2.37. The van der Waals surface area contributed by atoms with Crippen molar-refractivity contribution in [3.05, 3.63) is 40.4 Å². The van der Waals surface area contributed by atoms with Gasteiger partial charge in [-0.1, -0.05) is 35.3 Å². The van der Waals surface area contributed by atoms with E-state index in [-0.39, 0.29) is 0 Å². The van der Waals surface area contributed by atoms with Gasteiger partial charge in [-0.2, -0.15) is 0 Å². The van der Waals surface area contributed by atoms with Crippen molar-refractivity contribution in [1.29, 1.82) is 0 Å². The van der Waals surface area contributed by atoms with Gasteiger partial charge in [-0.25, -0.2) is 0 Å². The molecule has 0 saturated heterocycles. The van der Waals surface area contributed by atoms with Gasteiger partial charge in [0.15, 0.2) is 0 Å². The quantitative estimate of drug-likeness (QED) is 0.856. The van der Waals surface area contributed by atoms with Crippen LogP contribution < -0.4 is 10.1 Å². The predicted molar refractivity (Wildman–Crippen MR) is 74.0 cm³/mol. The van der Waals surface area contributed by atoms with Gasteiger partial charge in [-0.15, -0.1) is 0 Å². The van der Waals surface area contributed by atoms with E-state index >= 15 is 0 Å². The van der Waals surface area contributed by atoms with Crippen molar-refractivity contribution in [2.45, 2.75) is 19.4 Å². The minimum atomic E-state index is 0.303. The van der Waals surface area contributed by atoms with Gasteiger partial charge in [0.2, 0.25) is 0 Å². The monoisotopic (exact) mass is 273 g/mol. The lowest BCUT2D eigenvalue weighted by Crippen LogP contribution is -2.23. The zero-order valence-electron chi connectivity index (χ0n) is 10.0.